The number of nitrogens with zero attached hydrogens (tertiary/aromatic N) is 2. The Hall–Kier alpha value is -3.04. The Kier molecular flexibility index (Phi) is 5.43. The van der Waals surface area contributed by atoms with E-state index in [1.165, 1.54) is 53.3 Å². The van der Waals surface area contributed by atoms with E-state index in [9.17, 15) is 0 Å². The highest BCUT2D eigenvalue weighted by molar-refractivity contribution is 5.87. The van der Waals surface area contributed by atoms with Crippen LogP contribution in [0.5, 0.6) is 5.75 Å². The number of hydrogen-bond acceptors (Lipinski definition) is 2. The molecule has 33 heavy (non-hydrogen) atoms. The normalized spacial score (nSPS) is 18.2. The summed E-state index contributed by atoms with van der Waals surface area (Å²) in [5, 5.41) is 1.50. The minimum absolute atomic E-state index is 0.526. The number of benzene rings is 3. The van der Waals surface area contributed by atoms with E-state index in [-0.39, 0.29) is 0 Å². The molecule has 1 aliphatic carbocycles. The van der Waals surface area contributed by atoms with Crippen LogP contribution in [0.15, 0.2) is 72.8 Å². The Labute approximate surface area is 196 Å². The molecule has 2 aliphatic rings. The molecule has 3 aromatic carbocycles. The molecule has 3 heteroatoms. The molecule has 0 bridgehead atoms. The topological polar surface area (TPSA) is 17.4 Å². The Bertz CT molecular complexity index is 1250. The molecule has 168 valence electrons. The first kappa shape index (κ1) is 20.6. The van der Waals surface area contributed by atoms with Gasteiger partial charge < -0.3 is 9.30 Å². The first-order chi connectivity index (χ1) is 16.3. The maximum absolute atomic E-state index is 6.00. The van der Waals surface area contributed by atoms with E-state index < -0.39 is 0 Å². The molecule has 0 saturated heterocycles. The second-order valence-corrected chi connectivity index (χ2v) is 9.69. The van der Waals surface area contributed by atoms with Gasteiger partial charge in [-0.2, -0.15) is 0 Å². The van der Waals surface area contributed by atoms with Crippen molar-refractivity contribution in [3.05, 3.63) is 101 Å². The standard InChI is InChI=1S/C30H32N2O/c1-22-11-16-28-27(19-22)26-9-5-10-29-30(26)32(28)18-6-17-31(29)20-23-12-14-25(15-13-23)33-21-24-7-3-2-4-8-24/h2-4,7-8,11-16,19,29H,5-6,9-10,17-18,20-21H2,1H3. The van der Waals surface area contributed by atoms with Crippen LogP contribution in [-0.4, -0.2) is 16.0 Å². The molecule has 1 aliphatic heterocycles. The highest BCUT2D eigenvalue weighted by Gasteiger charge is 2.33. The second-order valence-electron chi connectivity index (χ2n) is 9.69. The fourth-order valence-corrected chi connectivity index (χ4v) is 5.85. The van der Waals surface area contributed by atoms with E-state index >= 15 is 0 Å². The fourth-order valence-electron chi connectivity index (χ4n) is 5.85. The summed E-state index contributed by atoms with van der Waals surface area (Å²) in [6, 6.07) is 26.7. The molecule has 2 heterocycles. The van der Waals surface area contributed by atoms with E-state index in [1.807, 2.05) is 6.07 Å². The number of aryl methyl sites for hydroxylation is 3. The van der Waals surface area contributed by atoms with Gasteiger partial charge in [0.25, 0.3) is 0 Å². The predicted molar refractivity (Wildman–Crippen MR) is 135 cm³/mol. The molecule has 6 rings (SSSR count). The van der Waals surface area contributed by atoms with Gasteiger partial charge in [-0.1, -0.05) is 54.1 Å². The molecule has 0 fully saturated rings. The van der Waals surface area contributed by atoms with Crippen LogP contribution in [0.2, 0.25) is 0 Å². The molecule has 0 radical (unpaired) electrons. The van der Waals surface area contributed by atoms with Gasteiger partial charge in [0.05, 0.1) is 6.04 Å². The summed E-state index contributed by atoms with van der Waals surface area (Å²) < 4.78 is 8.64. The number of hydrogen-bond donors (Lipinski definition) is 0. The van der Waals surface area contributed by atoms with Crippen LogP contribution < -0.4 is 4.74 Å². The van der Waals surface area contributed by atoms with Gasteiger partial charge in [0, 0.05) is 36.2 Å². The van der Waals surface area contributed by atoms with E-state index in [0.717, 1.165) is 25.4 Å². The summed E-state index contributed by atoms with van der Waals surface area (Å²) in [7, 11) is 0. The maximum atomic E-state index is 6.00. The van der Waals surface area contributed by atoms with E-state index in [4.69, 9.17) is 4.74 Å². The molecular formula is C30H32N2O. The van der Waals surface area contributed by atoms with E-state index in [1.54, 1.807) is 11.3 Å². The van der Waals surface area contributed by atoms with Crippen LogP contribution in [0.1, 0.15) is 53.3 Å². The molecular weight excluding hydrogens is 404 g/mol. The van der Waals surface area contributed by atoms with Gasteiger partial charge in [0.15, 0.2) is 0 Å². The van der Waals surface area contributed by atoms with Crippen molar-refractivity contribution in [1.82, 2.24) is 9.47 Å². The lowest BCUT2D eigenvalue weighted by atomic mass is 9.90. The minimum atomic E-state index is 0.526. The van der Waals surface area contributed by atoms with Crippen molar-refractivity contribution in [1.29, 1.82) is 0 Å². The lowest BCUT2D eigenvalue weighted by molar-refractivity contribution is 0.173. The van der Waals surface area contributed by atoms with Crippen LogP contribution in [0.4, 0.5) is 0 Å². The Morgan fingerprint density at radius 3 is 2.58 bits per heavy atom. The number of rotatable bonds is 5. The first-order valence-electron chi connectivity index (χ1n) is 12.4. The van der Waals surface area contributed by atoms with Gasteiger partial charge in [-0.15, -0.1) is 0 Å². The summed E-state index contributed by atoms with van der Waals surface area (Å²) in [5.41, 5.74) is 8.59. The SMILES string of the molecule is Cc1ccc2c(c1)c1c3n2CCCN(Cc2ccc(OCc4ccccc4)cc2)C3CCC1. The molecule has 0 saturated carbocycles. The summed E-state index contributed by atoms with van der Waals surface area (Å²) in [6.45, 7) is 6.12. The van der Waals surface area contributed by atoms with Crippen molar-refractivity contribution in [2.24, 2.45) is 0 Å². The quantitative estimate of drug-likeness (QED) is 0.342. The van der Waals surface area contributed by atoms with Crippen molar-refractivity contribution in [3.8, 4) is 5.75 Å². The van der Waals surface area contributed by atoms with Crippen LogP contribution in [0.3, 0.4) is 0 Å². The zero-order valence-corrected chi connectivity index (χ0v) is 19.5. The number of fused-ring (bicyclic) bond motifs is 3. The molecule has 1 atom stereocenters. The third-order valence-electron chi connectivity index (χ3n) is 7.41. The van der Waals surface area contributed by atoms with Crippen LogP contribution in [0, 0.1) is 6.92 Å². The lowest BCUT2D eigenvalue weighted by Crippen LogP contribution is -2.31. The summed E-state index contributed by atoms with van der Waals surface area (Å²) >= 11 is 0. The summed E-state index contributed by atoms with van der Waals surface area (Å²) in [4.78, 5) is 2.73. The van der Waals surface area contributed by atoms with Gasteiger partial charge in [-0.25, -0.2) is 0 Å². The Morgan fingerprint density at radius 2 is 1.73 bits per heavy atom. The molecule has 0 spiro atoms. The zero-order chi connectivity index (χ0) is 22.2. The highest BCUT2D eigenvalue weighted by atomic mass is 16.5. The molecule has 0 N–H and O–H groups in total. The monoisotopic (exact) mass is 436 g/mol. The smallest absolute Gasteiger partial charge is 0.119 e. The Balaban J connectivity index is 1.22. The van der Waals surface area contributed by atoms with Gasteiger partial charge in [0.2, 0.25) is 0 Å². The highest BCUT2D eigenvalue weighted by Crippen LogP contribution is 2.42. The maximum Gasteiger partial charge on any atom is 0.119 e. The van der Waals surface area contributed by atoms with Crippen LogP contribution in [0.25, 0.3) is 10.9 Å². The zero-order valence-electron chi connectivity index (χ0n) is 19.5. The van der Waals surface area contributed by atoms with Crippen LogP contribution in [-0.2, 0) is 26.1 Å². The molecule has 3 nitrogen and oxygen atoms in total. The fraction of sp³-hybridized carbons (Fsp3) is 0.333. The third-order valence-corrected chi connectivity index (χ3v) is 7.41. The number of ether oxygens (including phenoxy) is 1. The average molecular weight is 437 g/mol. The van der Waals surface area contributed by atoms with Gasteiger partial charge >= 0.3 is 0 Å². The number of aromatic nitrogens is 1. The predicted octanol–water partition coefficient (Wildman–Crippen LogP) is 6.81. The molecule has 4 aromatic rings. The van der Waals surface area contributed by atoms with Crippen molar-refractivity contribution in [2.75, 3.05) is 6.54 Å². The van der Waals surface area contributed by atoms with E-state index in [2.05, 4.69) is 83.1 Å². The summed E-state index contributed by atoms with van der Waals surface area (Å²) in [6.07, 6.45) is 4.98. The van der Waals surface area contributed by atoms with Crippen molar-refractivity contribution in [2.45, 2.75) is 58.3 Å². The molecule has 1 unspecified atom stereocenters. The van der Waals surface area contributed by atoms with Gasteiger partial charge in [-0.3, -0.25) is 4.90 Å². The van der Waals surface area contributed by atoms with Crippen molar-refractivity contribution >= 4 is 10.9 Å². The first-order valence-corrected chi connectivity index (χ1v) is 12.4. The van der Waals surface area contributed by atoms with Crippen molar-refractivity contribution < 1.29 is 4.74 Å². The third kappa shape index (κ3) is 3.95. The van der Waals surface area contributed by atoms with Crippen molar-refractivity contribution in [3.63, 3.8) is 0 Å². The largest absolute Gasteiger partial charge is 0.489 e. The Morgan fingerprint density at radius 1 is 0.879 bits per heavy atom. The van der Waals surface area contributed by atoms with Gasteiger partial charge in [-0.05, 0) is 73.6 Å². The second kappa shape index (κ2) is 8.72. The molecule has 0 amide bonds. The van der Waals surface area contributed by atoms with Crippen LogP contribution >= 0.6 is 0 Å². The summed E-state index contributed by atoms with van der Waals surface area (Å²) in [5.74, 6) is 0.939. The van der Waals surface area contributed by atoms with Gasteiger partial charge in [0.1, 0.15) is 12.4 Å². The minimum Gasteiger partial charge on any atom is -0.489 e. The lowest BCUT2D eigenvalue weighted by Gasteiger charge is -2.33. The molecule has 1 aromatic heterocycles. The van der Waals surface area contributed by atoms with E-state index in [0.29, 0.717) is 12.6 Å². The average Bonchev–Trinajstić information content (AvgIpc) is 3.04.